The first-order chi connectivity index (χ1) is 19.0. The first-order valence-electron chi connectivity index (χ1n) is 14.3. The van der Waals surface area contributed by atoms with Crippen LogP contribution in [0.3, 0.4) is 0 Å². The highest BCUT2D eigenvalue weighted by atomic mass is 31.0. The van der Waals surface area contributed by atoms with Gasteiger partial charge in [0.05, 0.1) is 18.3 Å². The lowest BCUT2D eigenvalue weighted by Crippen LogP contribution is -2.50. The lowest BCUT2D eigenvalue weighted by molar-refractivity contribution is 0.0334. The number of rotatable bonds is 19. The minimum atomic E-state index is -2.94. The molecule has 0 saturated heterocycles. The Hall–Kier alpha value is -1.95. The molecule has 40 heavy (non-hydrogen) atoms. The number of hydrogen-bond donors (Lipinski definition) is 1. The zero-order valence-electron chi connectivity index (χ0n) is 25.4. The van der Waals surface area contributed by atoms with Crippen molar-refractivity contribution in [3.05, 3.63) is 71.8 Å². The van der Waals surface area contributed by atoms with E-state index < -0.39 is 12.2 Å². The second-order valence-corrected chi connectivity index (χ2v) is 11.3. The molecular weight excluding hydrogens is 530 g/mol. The zero-order valence-corrected chi connectivity index (χ0v) is 26.5. The highest BCUT2D eigenvalue weighted by Crippen LogP contribution is 2.29. The molecule has 8 heteroatoms. The molecular formula is C32H51F3N3OP. The van der Waals surface area contributed by atoms with Crippen molar-refractivity contribution in [1.29, 1.82) is 0 Å². The van der Waals surface area contributed by atoms with Crippen LogP contribution in [0.2, 0.25) is 0 Å². The molecule has 4 atom stereocenters. The van der Waals surface area contributed by atoms with E-state index in [2.05, 4.69) is 56.7 Å². The Bertz CT molecular complexity index is 963. The number of nitrogens with one attached hydrogen (secondary N) is 1. The maximum absolute atomic E-state index is 14.5. The average molecular weight is 582 g/mol. The van der Waals surface area contributed by atoms with Crippen molar-refractivity contribution in [2.45, 2.75) is 72.0 Å². The van der Waals surface area contributed by atoms with Crippen molar-refractivity contribution in [3.63, 3.8) is 0 Å². The molecule has 1 aliphatic rings. The number of hydrogen-bond acceptors (Lipinski definition) is 4. The van der Waals surface area contributed by atoms with Crippen LogP contribution >= 0.6 is 9.24 Å². The molecule has 0 saturated carbocycles. The van der Waals surface area contributed by atoms with Crippen LogP contribution in [0.4, 0.5) is 13.2 Å². The van der Waals surface area contributed by atoms with Crippen molar-refractivity contribution in [2.24, 2.45) is 16.8 Å². The monoisotopic (exact) mass is 581 g/mol. The number of ether oxygens (including phenoxy) is 1. The maximum Gasteiger partial charge on any atom is 0.271 e. The molecule has 0 heterocycles. The van der Waals surface area contributed by atoms with Crippen LogP contribution in [-0.4, -0.2) is 62.2 Å². The summed E-state index contributed by atoms with van der Waals surface area (Å²) in [5.41, 5.74) is 0.0820. The van der Waals surface area contributed by atoms with Gasteiger partial charge in [-0.05, 0) is 76.6 Å². The van der Waals surface area contributed by atoms with Crippen molar-refractivity contribution in [3.8, 4) is 0 Å². The van der Waals surface area contributed by atoms with E-state index in [0.29, 0.717) is 31.9 Å². The molecule has 0 radical (unpaired) electrons. The molecule has 0 aromatic carbocycles. The molecule has 0 bridgehead atoms. The molecule has 1 aliphatic carbocycles. The topological polar surface area (TPSA) is 36.9 Å². The van der Waals surface area contributed by atoms with Gasteiger partial charge in [0.15, 0.2) is 11.6 Å². The van der Waals surface area contributed by atoms with E-state index in [9.17, 15) is 13.2 Å². The molecule has 226 valence electrons. The van der Waals surface area contributed by atoms with Gasteiger partial charge in [0, 0.05) is 20.1 Å². The highest BCUT2D eigenvalue weighted by Gasteiger charge is 2.35. The van der Waals surface area contributed by atoms with Crippen LogP contribution < -0.4 is 5.32 Å². The summed E-state index contributed by atoms with van der Waals surface area (Å²) in [6, 6.07) is -0.339. The summed E-state index contributed by atoms with van der Waals surface area (Å²) in [7, 11) is 3.41. The van der Waals surface area contributed by atoms with Gasteiger partial charge in [0.1, 0.15) is 6.61 Å². The summed E-state index contributed by atoms with van der Waals surface area (Å²) in [6.45, 7) is 15.8. The van der Waals surface area contributed by atoms with E-state index in [4.69, 9.17) is 4.74 Å². The van der Waals surface area contributed by atoms with Crippen LogP contribution in [0.15, 0.2) is 76.8 Å². The smallest absolute Gasteiger partial charge is 0.271 e. The van der Waals surface area contributed by atoms with E-state index in [0.717, 1.165) is 42.7 Å². The number of nitrogens with zero attached hydrogens (tertiary/aromatic N) is 2. The third kappa shape index (κ3) is 13.6. The average Bonchev–Trinajstić information content (AvgIpc) is 2.91. The molecule has 0 spiro atoms. The largest absolute Gasteiger partial charge is 0.490 e. The summed E-state index contributed by atoms with van der Waals surface area (Å²) >= 11 is 0. The minimum Gasteiger partial charge on any atom is -0.490 e. The summed E-state index contributed by atoms with van der Waals surface area (Å²) in [5, 5.41) is 3.36. The highest BCUT2D eigenvalue weighted by molar-refractivity contribution is 7.18. The third-order valence-corrected chi connectivity index (χ3v) is 7.41. The Morgan fingerprint density at radius 2 is 1.95 bits per heavy atom. The zero-order chi connectivity index (χ0) is 30.1. The van der Waals surface area contributed by atoms with Gasteiger partial charge < -0.3 is 10.1 Å². The van der Waals surface area contributed by atoms with E-state index in [-0.39, 0.29) is 23.7 Å². The molecule has 0 aliphatic heterocycles. The van der Waals surface area contributed by atoms with Crippen LogP contribution in [0.25, 0.3) is 0 Å². The predicted octanol–water partition coefficient (Wildman–Crippen LogP) is 8.04. The molecule has 0 amide bonds. The summed E-state index contributed by atoms with van der Waals surface area (Å²) in [6.07, 6.45) is 16.1. The van der Waals surface area contributed by atoms with Gasteiger partial charge in [-0.25, -0.2) is 13.2 Å². The normalized spacial score (nSPS) is 18.0. The van der Waals surface area contributed by atoms with Gasteiger partial charge >= 0.3 is 0 Å². The molecule has 1 N–H and O–H groups in total. The molecule has 0 aromatic heterocycles. The van der Waals surface area contributed by atoms with Crippen molar-refractivity contribution in [2.75, 3.05) is 39.8 Å². The second-order valence-electron chi connectivity index (χ2n) is 10.4. The SMILES string of the molecule is C=C/C=C\C(=N/C)C([C@H](C)/C=C(C)\C(C)=C/C)N(CC(CC)CCNCCOC1=CCCC=C1F)CC(F)(F)P. The first kappa shape index (κ1) is 36.1. The summed E-state index contributed by atoms with van der Waals surface area (Å²) in [4.78, 5) is 6.42. The van der Waals surface area contributed by atoms with Crippen LogP contribution in [-0.2, 0) is 4.74 Å². The number of allylic oxidation sites excluding steroid dienone is 8. The van der Waals surface area contributed by atoms with Gasteiger partial charge in [0.25, 0.3) is 5.66 Å². The van der Waals surface area contributed by atoms with Gasteiger partial charge in [-0.1, -0.05) is 71.5 Å². The molecule has 1 rings (SSSR count). The third-order valence-electron chi connectivity index (χ3n) is 7.23. The summed E-state index contributed by atoms with van der Waals surface area (Å²) in [5.74, 6) is 0.157. The summed E-state index contributed by atoms with van der Waals surface area (Å²) < 4.78 is 48.4. The fraction of sp³-hybridized carbons (Fsp3) is 0.594. The molecule has 3 unspecified atom stereocenters. The van der Waals surface area contributed by atoms with Gasteiger partial charge in [-0.3, -0.25) is 9.89 Å². The number of halogens is 3. The maximum atomic E-state index is 14.5. The molecule has 0 fully saturated rings. The Balaban J connectivity index is 3.04. The van der Waals surface area contributed by atoms with E-state index in [1.165, 1.54) is 0 Å². The van der Waals surface area contributed by atoms with Gasteiger partial charge in [-0.15, -0.1) is 0 Å². The van der Waals surface area contributed by atoms with E-state index in [1.807, 2.05) is 17.9 Å². The van der Waals surface area contributed by atoms with Crippen LogP contribution in [0.1, 0.15) is 60.3 Å². The Morgan fingerprint density at radius 1 is 1.25 bits per heavy atom. The van der Waals surface area contributed by atoms with Gasteiger partial charge in [-0.2, -0.15) is 0 Å². The Morgan fingerprint density at radius 3 is 2.52 bits per heavy atom. The quantitative estimate of drug-likeness (QED) is 0.0726. The first-order valence-corrected chi connectivity index (χ1v) is 14.9. The van der Waals surface area contributed by atoms with Gasteiger partial charge in [0.2, 0.25) is 0 Å². The predicted molar refractivity (Wildman–Crippen MR) is 169 cm³/mol. The van der Waals surface area contributed by atoms with E-state index in [1.54, 1.807) is 40.6 Å². The molecule has 0 aromatic rings. The fourth-order valence-corrected chi connectivity index (χ4v) is 5.06. The fourth-order valence-electron chi connectivity index (χ4n) is 4.82. The Labute approximate surface area is 243 Å². The van der Waals surface area contributed by atoms with Crippen LogP contribution in [0.5, 0.6) is 0 Å². The lowest BCUT2D eigenvalue weighted by Gasteiger charge is -2.38. The lowest BCUT2D eigenvalue weighted by atomic mass is 9.90. The van der Waals surface area contributed by atoms with Crippen molar-refractivity contribution >= 4 is 15.0 Å². The number of aliphatic imine (C=N–C) groups is 1. The number of alkyl halides is 2. The Kier molecular flexibility index (Phi) is 17.3. The van der Waals surface area contributed by atoms with E-state index >= 15 is 0 Å². The molecule has 4 nitrogen and oxygen atoms in total. The van der Waals surface area contributed by atoms with Crippen molar-refractivity contribution in [1.82, 2.24) is 10.2 Å². The standard InChI is InChI=1S/C32H51F3N3OP/c1-8-11-15-29(36-7)31(26(6)21-25(5)24(4)9-2)38(23-32(34,35)40)22-27(10-3)17-18-37-19-20-39-30-16-13-12-14-28(30)33/h8-9,11,14-16,21,26-27,31,37H,1,10,12-13,17-20,22-23,40H2,2-7H3/b15-11-,24-9-,25-21-,36-29+/t26-,27?,31?/m1/s1. The minimum absolute atomic E-state index is 0.0632. The second kappa shape index (κ2) is 19.2. The van der Waals surface area contributed by atoms with Crippen LogP contribution in [0, 0.1) is 11.8 Å². The van der Waals surface area contributed by atoms with Crippen molar-refractivity contribution < 1.29 is 17.9 Å².